The number of carbonyl (C=O) groups is 2. The van der Waals surface area contributed by atoms with Crippen molar-refractivity contribution < 1.29 is 14.3 Å². The topological polar surface area (TPSA) is 79.5 Å². The second-order valence-corrected chi connectivity index (χ2v) is 6.83. The van der Waals surface area contributed by atoms with E-state index in [0.29, 0.717) is 29.2 Å². The van der Waals surface area contributed by atoms with E-state index in [-0.39, 0.29) is 23.0 Å². The molecule has 0 aliphatic rings. The van der Waals surface area contributed by atoms with Crippen LogP contribution in [0.4, 0.5) is 5.69 Å². The van der Waals surface area contributed by atoms with Gasteiger partial charge in [-0.25, -0.2) is 0 Å². The van der Waals surface area contributed by atoms with Gasteiger partial charge in [0.05, 0.1) is 23.4 Å². The molecule has 0 aliphatic heterocycles. The van der Waals surface area contributed by atoms with Gasteiger partial charge in [0.1, 0.15) is 5.75 Å². The van der Waals surface area contributed by atoms with E-state index >= 15 is 0 Å². The molecule has 2 amide bonds. The van der Waals surface area contributed by atoms with Crippen LogP contribution in [0, 0.1) is 0 Å². The maximum Gasteiger partial charge on any atom is 0.261 e. The second kappa shape index (κ2) is 10.4. The molecule has 2 rings (SSSR count). The number of thiocarbonyl (C=S) groups is 1. The van der Waals surface area contributed by atoms with Crippen LogP contribution in [0.15, 0.2) is 48.5 Å². The summed E-state index contributed by atoms with van der Waals surface area (Å²) < 4.78 is 5.62. The van der Waals surface area contributed by atoms with Crippen molar-refractivity contribution >= 4 is 34.8 Å². The van der Waals surface area contributed by atoms with Gasteiger partial charge in [-0.05, 0) is 56.8 Å². The van der Waals surface area contributed by atoms with E-state index in [1.807, 2.05) is 26.8 Å². The lowest BCUT2D eigenvalue weighted by Gasteiger charge is -2.15. The molecule has 0 radical (unpaired) electrons. The molecular weight excluding hydrogens is 374 g/mol. The number of anilines is 1. The second-order valence-electron chi connectivity index (χ2n) is 6.43. The standard InChI is InChI=1S/C21H25N3O3S/c1-4-13-27-18-12-8-6-10-16(18)20(26)24-21(28)23-17-11-7-5-9-15(17)19(25)22-14(2)3/h5-12,14H,4,13H2,1-3H3,(H,22,25)(H2,23,24,26,28). The minimum absolute atomic E-state index is 0.00633. The van der Waals surface area contributed by atoms with Crippen molar-refractivity contribution in [1.82, 2.24) is 10.6 Å². The summed E-state index contributed by atoms with van der Waals surface area (Å²) in [6.07, 6.45) is 0.838. The van der Waals surface area contributed by atoms with Crippen LogP contribution in [0.5, 0.6) is 5.75 Å². The van der Waals surface area contributed by atoms with E-state index in [4.69, 9.17) is 17.0 Å². The number of rotatable bonds is 7. The summed E-state index contributed by atoms with van der Waals surface area (Å²) in [6.45, 7) is 6.29. The highest BCUT2D eigenvalue weighted by molar-refractivity contribution is 7.80. The van der Waals surface area contributed by atoms with Crippen LogP contribution in [0.2, 0.25) is 0 Å². The van der Waals surface area contributed by atoms with Crippen LogP contribution in [-0.4, -0.2) is 29.6 Å². The molecular formula is C21H25N3O3S. The van der Waals surface area contributed by atoms with Crippen molar-refractivity contribution in [2.24, 2.45) is 0 Å². The van der Waals surface area contributed by atoms with Crippen LogP contribution in [0.3, 0.4) is 0 Å². The molecule has 2 aromatic carbocycles. The molecule has 2 aromatic rings. The summed E-state index contributed by atoms with van der Waals surface area (Å²) in [7, 11) is 0. The first kappa shape index (κ1) is 21.4. The Kier molecular flexibility index (Phi) is 7.95. The normalized spacial score (nSPS) is 10.3. The van der Waals surface area contributed by atoms with E-state index in [9.17, 15) is 9.59 Å². The number of nitrogens with one attached hydrogen (secondary N) is 3. The molecule has 0 saturated carbocycles. The van der Waals surface area contributed by atoms with Crippen molar-refractivity contribution in [2.45, 2.75) is 33.2 Å². The Hall–Kier alpha value is -2.93. The smallest absolute Gasteiger partial charge is 0.261 e. The first-order valence-electron chi connectivity index (χ1n) is 9.16. The van der Waals surface area contributed by atoms with Crippen molar-refractivity contribution in [3.63, 3.8) is 0 Å². The molecule has 0 aliphatic carbocycles. The Morgan fingerprint density at radius 3 is 2.32 bits per heavy atom. The molecule has 7 heteroatoms. The zero-order valence-corrected chi connectivity index (χ0v) is 17.1. The number of ether oxygens (including phenoxy) is 1. The van der Waals surface area contributed by atoms with Gasteiger partial charge in [-0.15, -0.1) is 0 Å². The van der Waals surface area contributed by atoms with E-state index < -0.39 is 0 Å². The summed E-state index contributed by atoms with van der Waals surface area (Å²) in [5, 5.41) is 8.50. The number of para-hydroxylation sites is 2. The van der Waals surface area contributed by atoms with E-state index in [0.717, 1.165) is 6.42 Å². The first-order valence-corrected chi connectivity index (χ1v) is 9.57. The molecule has 0 saturated heterocycles. The van der Waals surface area contributed by atoms with Gasteiger partial charge in [-0.3, -0.25) is 14.9 Å². The highest BCUT2D eigenvalue weighted by Gasteiger charge is 2.16. The lowest BCUT2D eigenvalue weighted by Crippen LogP contribution is -2.35. The summed E-state index contributed by atoms with van der Waals surface area (Å²) in [5.41, 5.74) is 1.35. The number of amides is 2. The fourth-order valence-electron chi connectivity index (χ4n) is 2.45. The van der Waals surface area contributed by atoms with Crippen LogP contribution < -0.4 is 20.7 Å². The average molecular weight is 400 g/mol. The minimum Gasteiger partial charge on any atom is -0.493 e. The molecule has 0 spiro atoms. The van der Waals surface area contributed by atoms with E-state index in [2.05, 4.69) is 16.0 Å². The fraction of sp³-hybridized carbons (Fsp3) is 0.286. The summed E-state index contributed by atoms with van der Waals surface area (Å²) >= 11 is 5.26. The van der Waals surface area contributed by atoms with Gasteiger partial charge in [-0.2, -0.15) is 0 Å². The van der Waals surface area contributed by atoms with Gasteiger partial charge in [0.25, 0.3) is 11.8 Å². The number of hydrogen-bond acceptors (Lipinski definition) is 4. The number of benzene rings is 2. The monoisotopic (exact) mass is 399 g/mol. The van der Waals surface area contributed by atoms with Crippen LogP contribution in [-0.2, 0) is 0 Å². The Labute approximate surface area is 170 Å². The van der Waals surface area contributed by atoms with Crippen LogP contribution >= 0.6 is 12.2 Å². The predicted molar refractivity (Wildman–Crippen MR) is 115 cm³/mol. The van der Waals surface area contributed by atoms with E-state index in [1.165, 1.54) is 0 Å². The van der Waals surface area contributed by atoms with E-state index in [1.54, 1.807) is 42.5 Å². The lowest BCUT2D eigenvalue weighted by atomic mass is 10.1. The Morgan fingerprint density at radius 2 is 1.64 bits per heavy atom. The predicted octanol–water partition coefficient (Wildman–Crippen LogP) is 3.74. The summed E-state index contributed by atoms with van der Waals surface area (Å²) in [4.78, 5) is 24.9. The summed E-state index contributed by atoms with van der Waals surface area (Å²) in [5.74, 6) is -0.0970. The van der Waals surface area contributed by atoms with Crippen molar-refractivity contribution in [2.75, 3.05) is 11.9 Å². The van der Waals surface area contributed by atoms with Gasteiger partial charge >= 0.3 is 0 Å². The zero-order chi connectivity index (χ0) is 20.5. The van der Waals surface area contributed by atoms with Gasteiger partial charge in [-0.1, -0.05) is 31.2 Å². The SMILES string of the molecule is CCCOc1ccccc1C(=O)NC(=S)Nc1ccccc1C(=O)NC(C)C. The third-order valence-electron chi connectivity index (χ3n) is 3.66. The van der Waals surface area contributed by atoms with Crippen LogP contribution in [0.25, 0.3) is 0 Å². The van der Waals surface area contributed by atoms with Crippen molar-refractivity contribution in [3.8, 4) is 5.75 Å². The molecule has 0 heterocycles. The maximum absolute atomic E-state index is 12.6. The number of carbonyl (C=O) groups excluding carboxylic acids is 2. The fourth-order valence-corrected chi connectivity index (χ4v) is 2.65. The quantitative estimate of drug-likeness (QED) is 0.618. The maximum atomic E-state index is 12.6. The molecule has 0 bridgehead atoms. The molecule has 6 nitrogen and oxygen atoms in total. The van der Waals surface area contributed by atoms with Crippen LogP contribution in [0.1, 0.15) is 47.9 Å². The summed E-state index contributed by atoms with van der Waals surface area (Å²) in [6, 6.07) is 14.0. The molecule has 0 fully saturated rings. The zero-order valence-electron chi connectivity index (χ0n) is 16.2. The largest absolute Gasteiger partial charge is 0.493 e. The van der Waals surface area contributed by atoms with Crippen molar-refractivity contribution in [1.29, 1.82) is 0 Å². The molecule has 148 valence electrons. The Balaban J connectivity index is 2.09. The molecule has 0 atom stereocenters. The minimum atomic E-state index is -0.381. The third-order valence-corrected chi connectivity index (χ3v) is 3.86. The molecule has 0 aromatic heterocycles. The first-order chi connectivity index (χ1) is 13.4. The Morgan fingerprint density at radius 1 is 1.00 bits per heavy atom. The third kappa shape index (κ3) is 6.06. The highest BCUT2D eigenvalue weighted by Crippen LogP contribution is 2.19. The van der Waals surface area contributed by atoms with Crippen molar-refractivity contribution in [3.05, 3.63) is 59.7 Å². The van der Waals surface area contributed by atoms with Gasteiger partial charge in [0, 0.05) is 6.04 Å². The average Bonchev–Trinajstić information content (AvgIpc) is 2.66. The van der Waals surface area contributed by atoms with Gasteiger partial charge < -0.3 is 15.4 Å². The lowest BCUT2D eigenvalue weighted by molar-refractivity contribution is 0.0942. The molecule has 28 heavy (non-hydrogen) atoms. The molecule has 3 N–H and O–H groups in total. The Bertz CT molecular complexity index is 852. The molecule has 0 unspecified atom stereocenters. The van der Waals surface area contributed by atoms with Gasteiger partial charge in [0.2, 0.25) is 0 Å². The van der Waals surface area contributed by atoms with Gasteiger partial charge in [0.15, 0.2) is 5.11 Å². The highest BCUT2D eigenvalue weighted by atomic mass is 32.1. The number of hydrogen-bond donors (Lipinski definition) is 3.